The molecule has 156 valence electrons. The molecule has 0 saturated carbocycles. The number of aryl methyl sites for hydroxylation is 2. The SMILES string of the molecule is Cc1ccc(-n2nc(C)c(NC(=O)CSc3nnc4sc5ccccc5n34)c2C)cc1. The van der Waals surface area contributed by atoms with Crippen LogP contribution in [0.1, 0.15) is 17.0 Å². The summed E-state index contributed by atoms with van der Waals surface area (Å²) in [5, 5.41) is 16.9. The van der Waals surface area contributed by atoms with Crippen LogP contribution in [0.15, 0.2) is 53.7 Å². The summed E-state index contributed by atoms with van der Waals surface area (Å²) in [5.74, 6) is 0.135. The van der Waals surface area contributed by atoms with Gasteiger partial charge in [0.15, 0.2) is 5.16 Å². The molecule has 0 unspecified atom stereocenters. The Bertz CT molecular complexity index is 1410. The van der Waals surface area contributed by atoms with Crippen LogP contribution in [0.3, 0.4) is 0 Å². The van der Waals surface area contributed by atoms with Crippen molar-refractivity contribution in [2.24, 2.45) is 0 Å². The van der Waals surface area contributed by atoms with Gasteiger partial charge in [-0.25, -0.2) is 4.68 Å². The molecule has 1 N–H and O–H groups in total. The van der Waals surface area contributed by atoms with Gasteiger partial charge >= 0.3 is 0 Å². The number of hydrogen-bond acceptors (Lipinski definition) is 6. The molecule has 0 aliphatic rings. The second-order valence-electron chi connectivity index (χ2n) is 7.30. The Morgan fingerprint density at radius 2 is 1.84 bits per heavy atom. The number of anilines is 1. The van der Waals surface area contributed by atoms with E-state index in [0.29, 0.717) is 5.16 Å². The summed E-state index contributed by atoms with van der Waals surface area (Å²) in [6.07, 6.45) is 0. The zero-order valence-electron chi connectivity index (χ0n) is 17.3. The zero-order chi connectivity index (χ0) is 21.5. The second kappa shape index (κ2) is 7.82. The van der Waals surface area contributed by atoms with Crippen LogP contribution >= 0.6 is 23.1 Å². The molecule has 0 aliphatic heterocycles. The number of hydrogen-bond donors (Lipinski definition) is 1. The third kappa shape index (κ3) is 3.60. The van der Waals surface area contributed by atoms with Crippen LogP contribution in [-0.2, 0) is 4.79 Å². The third-order valence-corrected chi connectivity index (χ3v) is 7.02. The molecule has 0 radical (unpaired) electrons. The maximum absolute atomic E-state index is 12.7. The molecular weight excluding hydrogens is 428 g/mol. The highest BCUT2D eigenvalue weighted by atomic mass is 32.2. The van der Waals surface area contributed by atoms with E-state index in [1.807, 2.05) is 65.4 Å². The Balaban J connectivity index is 1.33. The van der Waals surface area contributed by atoms with Crippen LogP contribution in [0, 0.1) is 20.8 Å². The lowest BCUT2D eigenvalue weighted by molar-refractivity contribution is -0.113. The van der Waals surface area contributed by atoms with Gasteiger partial charge in [-0.05, 0) is 45.0 Å². The number of rotatable bonds is 5. The smallest absolute Gasteiger partial charge is 0.234 e. The number of amides is 1. The number of nitrogens with zero attached hydrogens (tertiary/aromatic N) is 5. The summed E-state index contributed by atoms with van der Waals surface area (Å²) in [6, 6.07) is 16.3. The molecule has 0 bridgehead atoms. The number of thioether (sulfide) groups is 1. The molecule has 7 nitrogen and oxygen atoms in total. The largest absolute Gasteiger partial charge is 0.322 e. The predicted molar refractivity (Wildman–Crippen MR) is 125 cm³/mol. The lowest BCUT2D eigenvalue weighted by atomic mass is 10.2. The third-order valence-electron chi connectivity index (χ3n) is 5.08. The number of thiazole rings is 1. The Morgan fingerprint density at radius 1 is 1.06 bits per heavy atom. The highest BCUT2D eigenvalue weighted by Gasteiger charge is 2.17. The number of carbonyl (C=O) groups excluding carboxylic acids is 1. The van der Waals surface area contributed by atoms with Gasteiger partial charge in [-0.2, -0.15) is 5.10 Å². The first-order valence-electron chi connectivity index (χ1n) is 9.80. The molecular formula is C22H20N6OS2. The lowest BCUT2D eigenvalue weighted by Gasteiger charge is -2.07. The number of aromatic nitrogens is 5. The minimum absolute atomic E-state index is 0.101. The number of nitrogens with one attached hydrogen (secondary N) is 1. The van der Waals surface area contributed by atoms with E-state index in [9.17, 15) is 4.79 Å². The van der Waals surface area contributed by atoms with Gasteiger partial charge in [0.05, 0.1) is 38.7 Å². The van der Waals surface area contributed by atoms with Crippen LogP contribution in [0.5, 0.6) is 0 Å². The molecule has 1 amide bonds. The number of benzene rings is 2. The first kappa shape index (κ1) is 19.8. The van der Waals surface area contributed by atoms with E-state index >= 15 is 0 Å². The summed E-state index contributed by atoms with van der Waals surface area (Å²) in [4.78, 5) is 13.5. The van der Waals surface area contributed by atoms with E-state index < -0.39 is 0 Å². The summed E-state index contributed by atoms with van der Waals surface area (Å²) in [6.45, 7) is 5.92. The molecule has 0 atom stereocenters. The van der Waals surface area contributed by atoms with Crippen molar-refractivity contribution in [3.05, 3.63) is 65.5 Å². The normalized spacial score (nSPS) is 11.5. The molecule has 2 aromatic carbocycles. The second-order valence-corrected chi connectivity index (χ2v) is 9.25. The fourth-order valence-corrected chi connectivity index (χ4v) is 5.28. The van der Waals surface area contributed by atoms with Crippen molar-refractivity contribution in [2.75, 3.05) is 11.1 Å². The monoisotopic (exact) mass is 448 g/mol. The average Bonchev–Trinajstić information content (AvgIpc) is 3.41. The van der Waals surface area contributed by atoms with E-state index in [2.05, 4.69) is 33.6 Å². The van der Waals surface area contributed by atoms with Crippen molar-refractivity contribution in [1.29, 1.82) is 0 Å². The van der Waals surface area contributed by atoms with Crippen molar-refractivity contribution < 1.29 is 4.79 Å². The Labute approximate surface area is 187 Å². The van der Waals surface area contributed by atoms with Crippen molar-refractivity contribution >= 4 is 49.9 Å². The van der Waals surface area contributed by atoms with Crippen LogP contribution in [0.25, 0.3) is 20.9 Å². The standard InChI is InChI=1S/C22H20N6OS2/c1-13-8-10-16(11-9-13)28-15(3)20(14(2)26-28)23-19(29)12-30-21-24-25-22-27(21)17-6-4-5-7-18(17)31-22/h4-11H,12H2,1-3H3,(H,23,29). The first-order valence-corrected chi connectivity index (χ1v) is 11.6. The van der Waals surface area contributed by atoms with Gasteiger partial charge < -0.3 is 5.32 Å². The average molecular weight is 449 g/mol. The molecule has 3 heterocycles. The van der Waals surface area contributed by atoms with E-state index in [-0.39, 0.29) is 11.7 Å². The number of carbonyl (C=O) groups is 1. The minimum atomic E-state index is -0.101. The van der Waals surface area contributed by atoms with Crippen LogP contribution in [0.4, 0.5) is 5.69 Å². The summed E-state index contributed by atoms with van der Waals surface area (Å²) < 4.78 is 5.01. The quantitative estimate of drug-likeness (QED) is 0.391. The summed E-state index contributed by atoms with van der Waals surface area (Å²) >= 11 is 2.97. The van der Waals surface area contributed by atoms with E-state index in [4.69, 9.17) is 0 Å². The van der Waals surface area contributed by atoms with Crippen molar-refractivity contribution in [1.82, 2.24) is 24.4 Å². The Morgan fingerprint density at radius 3 is 2.65 bits per heavy atom. The van der Waals surface area contributed by atoms with Crippen LogP contribution < -0.4 is 5.32 Å². The maximum Gasteiger partial charge on any atom is 0.234 e. The van der Waals surface area contributed by atoms with Crippen LogP contribution in [-0.4, -0.2) is 36.0 Å². The number of fused-ring (bicyclic) bond motifs is 3. The van der Waals surface area contributed by atoms with Gasteiger partial charge in [0.25, 0.3) is 0 Å². The minimum Gasteiger partial charge on any atom is -0.322 e. The van der Waals surface area contributed by atoms with Crippen molar-refractivity contribution in [2.45, 2.75) is 25.9 Å². The number of para-hydroxylation sites is 1. The molecule has 31 heavy (non-hydrogen) atoms. The lowest BCUT2D eigenvalue weighted by Crippen LogP contribution is -2.15. The van der Waals surface area contributed by atoms with Gasteiger partial charge in [-0.3, -0.25) is 9.20 Å². The zero-order valence-corrected chi connectivity index (χ0v) is 18.9. The summed E-state index contributed by atoms with van der Waals surface area (Å²) in [5.41, 5.74) is 5.65. The van der Waals surface area contributed by atoms with Gasteiger partial charge in [0, 0.05) is 0 Å². The van der Waals surface area contributed by atoms with Gasteiger partial charge in [-0.1, -0.05) is 52.9 Å². The topological polar surface area (TPSA) is 77.1 Å². The maximum atomic E-state index is 12.7. The van der Waals surface area contributed by atoms with E-state index in [0.717, 1.165) is 37.9 Å². The van der Waals surface area contributed by atoms with Gasteiger partial charge in [-0.15, -0.1) is 10.2 Å². The molecule has 9 heteroatoms. The predicted octanol–water partition coefficient (Wildman–Crippen LogP) is 4.79. The van der Waals surface area contributed by atoms with Crippen molar-refractivity contribution in [3.8, 4) is 5.69 Å². The highest BCUT2D eigenvalue weighted by Crippen LogP contribution is 2.30. The summed E-state index contributed by atoms with van der Waals surface area (Å²) in [7, 11) is 0. The van der Waals surface area contributed by atoms with Gasteiger partial charge in [0.1, 0.15) is 0 Å². The molecule has 0 saturated heterocycles. The van der Waals surface area contributed by atoms with Gasteiger partial charge in [0.2, 0.25) is 10.9 Å². The molecule has 3 aromatic heterocycles. The van der Waals surface area contributed by atoms with Crippen LogP contribution in [0.2, 0.25) is 0 Å². The van der Waals surface area contributed by atoms with Crippen molar-refractivity contribution in [3.63, 3.8) is 0 Å². The Hall–Kier alpha value is -3.17. The first-order chi connectivity index (χ1) is 15.0. The molecule has 5 rings (SSSR count). The fourth-order valence-electron chi connectivity index (χ4n) is 3.52. The molecule has 0 spiro atoms. The van der Waals surface area contributed by atoms with E-state index in [1.165, 1.54) is 17.3 Å². The Kier molecular flexibility index (Phi) is 4.99. The molecule has 0 fully saturated rings. The molecule has 0 aliphatic carbocycles. The fraction of sp³-hybridized carbons (Fsp3) is 0.182. The van der Waals surface area contributed by atoms with E-state index in [1.54, 1.807) is 11.3 Å². The highest BCUT2D eigenvalue weighted by molar-refractivity contribution is 7.99. The molecule has 5 aromatic rings.